The van der Waals surface area contributed by atoms with E-state index in [1.165, 1.54) is 22.4 Å². The van der Waals surface area contributed by atoms with E-state index in [1.54, 1.807) is 7.05 Å². The Bertz CT molecular complexity index is 680. The van der Waals surface area contributed by atoms with E-state index in [0.29, 0.717) is 13.1 Å². The molecule has 2 aromatic carbocycles. The van der Waals surface area contributed by atoms with Crippen LogP contribution in [0.1, 0.15) is 22.7 Å². The minimum Gasteiger partial charge on any atom is -0.633 e. The van der Waals surface area contributed by atoms with Gasteiger partial charge in [0.2, 0.25) is 0 Å². The molecule has 0 saturated carbocycles. The van der Waals surface area contributed by atoms with Gasteiger partial charge in [0.1, 0.15) is 12.6 Å². The lowest BCUT2D eigenvalue weighted by Gasteiger charge is -2.50. The highest BCUT2D eigenvalue weighted by atomic mass is 16.5. The molecular weight excluding hydrogens is 260 g/mol. The summed E-state index contributed by atoms with van der Waals surface area (Å²) in [5.74, 6) is 0. The molecule has 0 radical (unpaired) electrons. The average molecular weight is 280 g/mol. The summed E-state index contributed by atoms with van der Waals surface area (Å²) >= 11 is 0. The van der Waals surface area contributed by atoms with Crippen molar-refractivity contribution in [2.24, 2.45) is 0 Å². The quantitative estimate of drug-likeness (QED) is 0.547. The second-order valence-corrected chi connectivity index (χ2v) is 6.42. The van der Waals surface area contributed by atoms with Crippen LogP contribution in [-0.4, -0.2) is 31.3 Å². The SMILES string of the molecule is C[N+]1([O-])CCN2c3ccccc3Cc3ccccc3C2C1. The van der Waals surface area contributed by atoms with Gasteiger partial charge >= 0.3 is 0 Å². The maximum atomic E-state index is 12.5. The smallest absolute Gasteiger partial charge is 0.104 e. The van der Waals surface area contributed by atoms with Gasteiger partial charge in [-0.05, 0) is 29.2 Å². The Hall–Kier alpha value is -1.84. The Morgan fingerprint density at radius 1 is 1.05 bits per heavy atom. The fourth-order valence-electron chi connectivity index (χ4n) is 3.75. The average Bonchev–Trinajstić information content (AvgIpc) is 2.60. The molecule has 4 rings (SSSR count). The van der Waals surface area contributed by atoms with Crippen molar-refractivity contribution in [2.75, 3.05) is 31.6 Å². The van der Waals surface area contributed by atoms with Crippen LogP contribution >= 0.6 is 0 Å². The van der Waals surface area contributed by atoms with E-state index in [-0.39, 0.29) is 10.7 Å². The van der Waals surface area contributed by atoms with Gasteiger partial charge in [-0.25, -0.2) is 0 Å². The number of hydrogen-bond donors (Lipinski definition) is 0. The molecule has 2 heterocycles. The number of anilines is 1. The molecule has 2 aliphatic rings. The van der Waals surface area contributed by atoms with Gasteiger partial charge in [-0.3, -0.25) is 0 Å². The Morgan fingerprint density at radius 2 is 1.76 bits per heavy atom. The van der Waals surface area contributed by atoms with E-state index >= 15 is 0 Å². The maximum absolute atomic E-state index is 12.5. The molecule has 3 nitrogen and oxygen atoms in total. The van der Waals surface area contributed by atoms with Gasteiger partial charge in [0.05, 0.1) is 20.1 Å². The lowest BCUT2D eigenvalue weighted by Crippen LogP contribution is -2.55. The lowest BCUT2D eigenvalue weighted by molar-refractivity contribution is -0.864. The standard InChI is InChI=1S/C18H20N2O/c1-20(21)11-10-19-17-9-5-3-7-15(17)12-14-6-2-4-8-16(14)18(19)13-20/h2-9,18H,10-13H2,1H3. The highest BCUT2D eigenvalue weighted by molar-refractivity contribution is 5.60. The highest BCUT2D eigenvalue weighted by Crippen LogP contribution is 2.39. The first kappa shape index (κ1) is 12.9. The van der Waals surface area contributed by atoms with Crippen molar-refractivity contribution < 1.29 is 4.65 Å². The Morgan fingerprint density at radius 3 is 2.62 bits per heavy atom. The number of hydroxylamine groups is 3. The molecule has 2 aliphatic heterocycles. The Balaban J connectivity index is 1.90. The van der Waals surface area contributed by atoms with Crippen molar-refractivity contribution in [1.82, 2.24) is 0 Å². The molecule has 21 heavy (non-hydrogen) atoms. The normalized spacial score (nSPS) is 27.3. The number of quaternary nitrogens is 1. The van der Waals surface area contributed by atoms with Gasteiger partial charge in [0.15, 0.2) is 0 Å². The van der Waals surface area contributed by atoms with E-state index in [9.17, 15) is 5.21 Å². The molecular formula is C18H20N2O. The second kappa shape index (κ2) is 4.58. The van der Waals surface area contributed by atoms with Gasteiger partial charge in [-0.15, -0.1) is 0 Å². The fourth-order valence-corrected chi connectivity index (χ4v) is 3.75. The van der Waals surface area contributed by atoms with E-state index in [1.807, 2.05) is 0 Å². The molecule has 1 saturated heterocycles. The van der Waals surface area contributed by atoms with Crippen LogP contribution in [0.2, 0.25) is 0 Å². The van der Waals surface area contributed by atoms with Crippen LogP contribution in [0.3, 0.4) is 0 Å². The largest absolute Gasteiger partial charge is 0.633 e. The number of benzene rings is 2. The summed E-state index contributed by atoms with van der Waals surface area (Å²) in [5.41, 5.74) is 5.36. The zero-order valence-electron chi connectivity index (χ0n) is 12.3. The zero-order valence-corrected chi connectivity index (χ0v) is 12.3. The van der Waals surface area contributed by atoms with Crippen LogP contribution in [0.4, 0.5) is 5.69 Å². The number of hydrogen-bond acceptors (Lipinski definition) is 2. The number of para-hydroxylation sites is 1. The van der Waals surface area contributed by atoms with E-state index in [2.05, 4.69) is 53.4 Å². The van der Waals surface area contributed by atoms with Crippen molar-refractivity contribution in [3.8, 4) is 0 Å². The van der Waals surface area contributed by atoms with Gasteiger partial charge < -0.3 is 14.8 Å². The molecule has 108 valence electrons. The summed E-state index contributed by atoms with van der Waals surface area (Å²) < 4.78 is -0.141. The monoisotopic (exact) mass is 280 g/mol. The van der Waals surface area contributed by atoms with Crippen molar-refractivity contribution in [3.63, 3.8) is 0 Å². The Labute approximate surface area is 125 Å². The number of nitrogens with zero attached hydrogens (tertiary/aromatic N) is 2. The second-order valence-electron chi connectivity index (χ2n) is 6.42. The van der Waals surface area contributed by atoms with Crippen LogP contribution in [0.5, 0.6) is 0 Å². The Kier molecular flexibility index (Phi) is 2.81. The van der Waals surface area contributed by atoms with E-state index in [0.717, 1.165) is 13.0 Å². The summed E-state index contributed by atoms with van der Waals surface area (Å²) in [4.78, 5) is 2.44. The first-order valence-corrected chi connectivity index (χ1v) is 7.62. The van der Waals surface area contributed by atoms with Crippen LogP contribution in [-0.2, 0) is 6.42 Å². The maximum Gasteiger partial charge on any atom is 0.104 e. The van der Waals surface area contributed by atoms with Crippen LogP contribution in [0, 0.1) is 5.21 Å². The summed E-state index contributed by atoms with van der Waals surface area (Å²) in [7, 11) is 1.80. The van der Waals surface area contributed by atoms with Crippen molar-refractivity contribution in [3.05, 3.63) is 70.4 Å². The van der Waals surface area contributed by atoms with Gasteiger partial charge in [0, 0.05) is 5.69 Å². The minimum atomic E-state index is -0.141. The third kappa shape index (κ3) is 2.13. The minimum absolute atomic E-state index is 0.141. The molecule has 2 atom stereocenters. The predicted octanol–water partition coefficient (Wildman–Crippen LogP) is 3.10. The molecule has 2 unspecified atom stereocenters. The fraction of sp³-hybridized carbons (Fsp3) is 0.333. The van der Waals surface area contributed by atoms with Crippen LogP contribution < -0.4 is 4.90 Å². The van der Waals surface area contributed by atoms with Gasteiger partial charge in [0.25, 0.3) is 0 Å². The third-order valence-corrected chi connectivity index (χ3v) is 4.85. The predicted molar refractivity (Wildman–Crippen MR) is 85.1 cm³/mol. The number of rotatable bonds is 0. The van der Waals surface area contributed by atoms with E-state index in [4.69, 9.17) is 0 Å². The van der Waals surface area contributed by atoms with Crippen molar-refractivity contribution in [1.29, 1.82) is 0 Å². The van der Waals surface area contributed by atoms with Gasteiger partial charge in [-0.2, -0.15) is 0 Å². The molecule has 1 fully saturated rings. The third-order valence-electron chi connectivity index (χ3n) is 4.85. The molecule has 0 bridgehead atoms. The summed E-state index contributed by atoms with van der Waals surface area (Å²) in [6.45, 7) is 2.12. The van der Waals surface area contributed by atoms with Crippen LogP contribution in [0.25, 0.3) is 0 Å². The topological polar surface area (TPSA) is 26.3 Å². The summed E-state index contributed by atoms with van der Waals surface area (Å²) in [6, 6.07) is 17.4. The first-order chi connectivity index (χ1) is 10.1. The summed E-state index contributed by atoms with van der Waals surface area (Å²) in [6.07, 6.45) is 0.960. The molecule has 2 aromatic rings. The molecule has 0 N–H and O–H groups in total. The van der Waals surface area contributed by atoms with E-state index < -0.39 is 0 Å². The van der Waals surface area contributed by atoms with Crippen LogP contribution in [0.15, 0.2) is 48.5 Å². The molecule has 0 aromatic heterocycles. The molecule has 3 heteroatoms. The van der Waals surface area contributed by atoms with Gasteiger partial charge in [-0.1, -0.05) is 42.5 Å². The van der Waals surface area contributed by atoms with Crippen molar-refractivity contribution >= 4 is 5.69 Å². The molecule has 0 aliphatic carbocycles. The number of piperazine rings is 1. The highest BCUT2D eigenvalue weighted by Gasteiger charge is 2.36. The lowest BCUT2D eigenvalue weighted by atomic mass is 9.96. The zero-order chi connectivity index (χ0) is 14.4. The first-order valence-electron chi connectivity index (χ1n) is 7.62. The number of likely N-dealkylation sites (N-methyl/N-ethyl adjacent to an activating group) is 1. The molecule has 0 spiro atoms. The summed E-state index contributed by atoms with van der Waals surface area (Å²) in [5, 5.41) is 12.5. The van der Waals surface area contributed by atoms with Crippen molar-refractivity contribution in [2.45, 2.75) is 12.5 Å². The molecule has 0 amide bonds. The number of fused-ring (bicyclic) bond motifs is 5.